The van der Waals surface area contributed by atoms with E-state index in [2.05, 4.69) is 70.0 Å². The Morgan fingerprint density at radius 2 is 1.70 bits per heavy atom. The van der Waals surface area contributed by atoms with Gasteiger partial charge in [0.15, 0.2) is 0 Å². The summed E-state index contributed by atoms with van der Waals surface area (Å²) in [5.74, 6) is 6.20. The van der Waals surface area contributed by atoms with Gasteiger partial charge in [0.2, 0.25) is 6.41 Å². The van der Waals surface area contributed by atoms with Crippen molar-refractivity contribution in [2.24, 2.45) is 38.7 Å². The fourth-order valence-corrected chi connectivity index (χ4v) is 5.86. The summed E-state index contributed by atoms with van der Waals surface area (Å²) in [6.45, 7) is 17.3. The molecule has 1 heterocycles. The number of hydrazone groups is 1. The van der Waals surface area contributed by atoms with Crippen LogP contribution in [-0.2, 0) is 16.0 Å². The molecule has 2 aromatic rings. The molecule has 1 saturated carbocycles. The Hall–Kier alpha value is -3.43. The van der Waals surface area contributed by atoms with Crippen LogP contribution in [0.2, 0.25) is 5.02 Å². The van der Waals surface area contributed by atoms with E-state index < -0.39 is 5.66 Å². The molecule has 1 fully saturated rings. The first-order valence-electron chi connectivity index (χ1n) is 15.6. The average molecular weight is 628 g/mol. The number of halogens is 1. The Kier molecular flexibility index (Phi) is 16.1. The summed E-state index contributed by atoms with van der Waals surface area (Å²) >= 11 is 6.27. The van der Waals surface area contributed by atoms with Gasteiger partial charge in [0.1, 0.15) is 17.2 Å². The smallest absolute Gasteiger partial charge is 0.275 e. The van der Waals surface area contributed by atoms with Crippen molar-refractivity contribution in [1.29, 1.82) is 0 Å². The van der Waals surface area contributed by atoms with Crippen molar-refractivity contribution in [2.75, 3.05) is 0 Å². The monoisotopic (exact) mass is 627 g/mol. The Labute approximate surface area is 269 Å². The molecule has 10 heteroatoms. The first kappa shape index (κ1) is 38.6. The van der Waals surface area contributed by atoms with E-state index in [1.807, 2.05) is 55.1 Å². The molecule has 1 aliphatic carbocycles. The second-order valence-electron chi connectivity index (χ2n) is 11.9. The van der Waals surface area contributed by atoms with Gasteiger partial charge < -0.3 is 16.4 Å². The molecule has 2 aromatic carbocycles. The van der Waals surface area contributed by atoms with Gasteiger partial charge in [-0.3, -0.25) is 14.6 Å². The largest absolute Gasteiger partial charge is 0.385 e. The highest BCUT2D eigenvalue weighted by atomic mass is 35.5. The molecule has 1 unspecified atom stereocenters. The van der Waals surface area contributed by atoms with Crippen LogP contribution in [0.15, 0.2) is 58.6 Å². The number of hydrogen-bond acceptors (Lipinski definition) is 6. The predicted octanol–water partition coefficient (Wildman–Crippen LogP) is 6.49. The van der Waals surface area contributed by atoms with Gasteiger partial charge in [-0.2, -0.15) is 5.10 Å². The number of aliphatic imine (C=N–C) groups is 1. The second kappa shape index (κ2) is 18.4. The summed E-state index contributed by atoms with van der Waals surface area (Å²) in [5.41, 5.74) is 15.3. The summed E-state index contributed by atoms with van der Waals surface area (Å²) in [5, 5.41) is 4.42. The van der Waals surface area contributed by atoms with Crippen LogP contribution < -0.4 is 22.8 Å². The molecule has 7 N–H and O–H groups in total. The van der Waals surface area contributed by atoms with E-state index >= 15 is 0 Å². The zero-order valence-electron chi connectivity index (χ0n) is 27.9. The van der Waals surface area contributed by atoms with Crippen LogP contribution in [0.5, 0.6) is 0 Å². The number of carbonyl (C=O) groups excluding carboxylic acids is 2. The maximum atomic E-state index is 14.0. The lowest BCUT2D eigenvalue weighted by atomic mass is 9.69. The normalized spacial score (nSPS) is 20.2. The minimum Gasteiger partial charge on any atom is -0.385 e. The van der Waals surface area contributed by atoms with E-state index in [1.54, 1.807) is 0 Å². The molecular weight excluding hydrogens is 574 g/mol. The number of nitrogens with zero attached hydrogens (tertiary/aromatic N) is 3. The van der Waals surface area contributed by atoms with Crippen LogP contribution in [0.3, 0.4) is 0 Å². The molecule has 1 atom stereocenters. The van der Waals surface area contributed by atoms with Crippen molar-refractivity contribution in [3.63, 3.8) is 0 Å². The number of amides is 2. The first-order chi connectivity index (χ1) is 20.9. The highest BCUT2D eigenvalue weighted by Crippen LogP contribution is 2.49. The summed E-state index contributed by atoms with van der Waals surface area (Å²) in [6.07, 6.45) is 5.78. The summed E-state index contributed by atoms with van der Waals surface area (Å²) in [4.78, 5) is 29.7. The highest BCUT2D eigenvalue weighted by Gasteiger charge is 2.51. The number of nitrogens with two attached hydrogens (primary N) is 3. The molecule has 1 spiro atoms. The number of benzene rings is 2. The van der Waals surface area contributed by atoms with Gasteiger partial charge in [-0.05, 0) is 67.2 Å². The Morgan fingerprint density at radius 3 is 2.18 bits per heavy atom. The number of amidine groups is 1. The highest BCUT2D eigenvalue weighted by molar-refractivity contribution is 6.47. The fraction of sp³-hybridized carbons (Fsp3) is 0.529. The summed E-state index contributed by atoms with van der Waals surface area (Å²) in [6, 6.07) is 15.5. The van der Waals surface area contributed by atoms with Crippen molar-refractivity contribution in [1.82, 2.24) is 10.4 Å². The third-order valence-electron chi connectivity index (χ3n) is 7.74. The van der Waals surface area contributed by atoms with Crippen molar-refractivity contribution < 1.29 is 9.59 Å². The van der Waals surface area contributed by atoms with E-state index in [0.717, 1.165) is 42.4 Å². The summed E-state index contributed by atoms with van der Waals surface area (Å²) < 4.78 is 0. The molecule has 0 bridgehead atoms. The van der Waals surface area contributed by atoms with Crippen LogP contribution >= 0.6 is 11.6 Å². The van der Waals surface area contributed by atoms with Crippen LogP contribution in [-0.4, -0.2) is 34.4 Å². The Bertz CT molecular complexity index is 1230. The van der Waals surface area contributed by atoms with E-state index in [-0.39, 0.29) is 23.8 Å². The molecule has 0 saturated heterocycles. The molecule has 4 rings (SSSR count). The van der Waals surface area contributed by atoms with Crippen LogP contribution in [0.1, 0.15) is 110 Å². The molecule has 9 nitrogen and oxygen atoms in total. The van der Waals surface area contributed by atoms with Crippen LogP contribution in [0.25, 0.3) is 0 Å². The first-order valence-corrected chi connectivity index (χ1v) is 16.0. The Balaban J connectivity index is 0.00000110. The topological polar surface area (TPSA) is 152 Å². The van der Waals surface area contributed by atoms with Gasteiger partial charge in [-0.15, -0.1) is 0 Å². The molecule has 2 aliphatic rings. The molecule has 2 amide bonds. The number of nitrogens with one attached hydrogen (secondary N) is 1. The third-order valence-corrected chi connectivity index (χ3v) is 7.98. The van der Waals surface area contributed by atoms with Gasteiger partial charge >= 0.3 is 0 Å². The van der Waals surface area contributed by atoms with Crippen LogP contribution in [0.4, 0.5) is 0 Å². The number of rotatable bonds is 6. The number of hydrogen-bond donors (Lipinski definition) is 4. The van der Waals surface area contributed by atoms with Gasteiger partial charge in [0.05, 0.1) is 6.04 Å². The Morgan fingerprint density at radius 1 is 1.16 bits per heavy atom. The zero-order chi connectivity index (χ0) is 33.5. The maximum absolute atomic E-state index is 14.0. The lowest BCUT2D eigenvalue weighted by Gasteiger charge is -2.46. The number of carbonyl (C=O) groups is 2. The van der Waals surface area contributed by atoms with Crippen molar-refractivity contribution >= 4 is 35.5 Å². The maximum Gasteiger partial charge on any atom is 0.275 e. The minimum absolute atomic E-state index is 0.0338. The molecule has 244 valence electrons. The molecular formula is C34H54ClN7O2. The van der Waals surface area contributed by atoms with Crippen molar-refractivity contribution in [3.8, 4) is 0 Å². The molecule has 1 aliphatic heterocycles. The molecule has 44 heavy (non-hydrogen) atoms. The second-order valence-corrected chi connectivity index (χ2v) is 12.4. The fourth-order valence-electron chi connectivity index (χ4n) is 5.67. The van der Waals surface area contributed by atoms with E-state index in [4.69, 9.17) is 33.0 Å². The molecule has 0 radical (unpaired) electrons. The lowest BCUT2D eigenvalue weighted by Crippen LogP contribution is -2.50. The van der Waals surface area contributed by atoms with Crippen LogP contribution in [0, 0.1) is 11.3 Å². The summed E-state index contributed by atoms with van der Waals surface area (Å²) in [7, 11) is 0. The lowest BCUT2D eigenvalue weighted by molar-refractivity contribution is -0.133. The van der Waals surface area contributed by atoms with E-state index in [0.29, 0.717) is 28.9 Å². The van der Waals surface area contributed by atoms with Gasteiger partial charge in [0.25, 0.3) is 5.91 Å². The van der Waals surface area contributed by atoms with Gasteiger partial charge in [-0.25, -0.2) is 11.4 Å². The van der Waals surface area contributed by atoms with Gasteiger partial charge in [-0.1, -0.05) is 103 Å². The minimum atomic E-state index is -0.543. The average Bonchev–Trinajstić information content (AvgIpc) is 3.26. The quantitative estimate of drug-likeness (QED) is 0.0948. The standard InChI is InChI=1S/C28H37ClN6O.C3H8.C2H6.CH3NO/c1-18(20-10-8-19(9-11-20)16-24(30)33-34-31)35-26(36)25(21-6-5-7-23(29)17-21)32-28(35)14-12-22(13-15-28)27(2,3)4;1-3-2;1-2;2-1-3/h5-11,17-18,22,34H,12-16,31H2,1-4H3,(H2,30,33);3H2,1-2H3;1-2H3;1H,(H2,2,3). The van der Waals surface area contributed by atoms with Crippen molar-refractivity contribution in [3.05, 3.63) is 70.2 Å². The predicted molar refractivity (Wildman–Crippen MR) is 184 cm³/mol. The SMILES string of the molecule is CC.CC(c1ccc(C/C(N)=N/NN)cc1)N1C(=O)C(c2cccc(Cl)c2)=NC12CCC(C(C)(C)C)CC2.CCC.NC=O. The van der Waals surface area contributed by atoms with Crippen molar-refractivity contribution in [2.45, 2.75) is 106 Å². The number of primary amides is 1. The third kappa shape index (κ3) is 10.3. The van der Waals surface area contributed by atoms with E-state index in [1.165, 1.54) is 6.42 Å². The van der Waals surface area contributed by atoms with E-state index in [9.17, 15) is 4.79 Å². The molecule has 0 aromatic heterocycles. The zero-order valence-corrected chi connectivity index (χ0v) is 28.6. The van der Waals surface area contributed by atoms with Gasteiger partial charge in [0, 0.05) is 17.0 Å². The number of hydrazine groups is 1.